The number of methoxy groups -OCH3 is 1. The van der Waals surface area contributed by atoms with E-state index in [0.29, 0.717) is 5.75 Å². The lowest BCUT2D eigenvalue weighted by atomic mass is 10.1. The van der Waals surface area contributed by atoms with E-state index >= 15 is 0 Å². The molecule has 0 aliphatic heterocycles. The SMILES string of the molecule is COC(=O)Cc1ccc(OC(=O)C/C=C/c2ccc(F)cc2)cc1. The topological polar surface area (TPSA) is 52.6 Å². The van der Waals surface area contributed by atoms with Gasteiger partial charge in [0.1, 0.15) is 11.6 Å². The van der Waals surface area contributed by atoms with Gasteiger partial charge < -0.3 is 9.47 Å². The molecule has 124 valence electrons. The largest absolute Gasteiger partial charge is 0.469 e. The average molecular weight is 328 g/mol. The summed E-state index contributed by atoms with van der Waals surface area (Å²) in [5, 5.41) is 0. The van der Waals surface area contributed by atoms with Crippen molar-refractivity contribution in [1.82, 2.24) is 0 Å². The number of carbonyl (C=O) groups is 2. The predicted octanol–water partition coefficient (Wildman–Crippen LogP) is 3.55. The van der Waals surface area contributed by atoms with E-state index in [1.54, 1.807) is 48.6 Å². The fourth-order valence-electron chi connectivity index (χ4n) is 1.95. The van der Waals surface area contributed by atoms with Gasteiger partial charge >= 0.3 is 11.9 Å². The molecule has 0 atom stereocenters. The van der Waals surface area contributed by atoms with Gasteiger partial charge in [-0.1, -0.05) is 36.4 Å². The quantitative estimate of drug-likeness (QED) is 0.601. The standard InChI is InChI=1S/C19H17FO4/c1-23-19(22)13-15-7-11-17(12-8-15)24-18(21)4-2-3-14-5-9-16(20)10-6-14/h2-3,5-12H,4,13H2,1H3/b3-2+. The summed E-state index contributed by atoms with van der Waals surface area (Å²) in [5.41, 5.74) is 1.58. The van der Waals surface area contributed by atoms with Gasteiger partial charge in [0.15, 0.2) is 0 Å². The molecular weight excluding hydrogens is 311 g/mol. The summed E-state index contributed by atoms with van der Waals surface area (Å²) in [6.07, 6.45) is 3.65. The smallest absolute Gasteiger partial charge is 0.315 e. The molecule has 0 aliphatic rings. The monoisotopic (exact) mass is 328 g/mol. The maximum absolute atomic E-state index is 12.8. The number of rotatable bonds is 6. The molecule has 0 radical (unpaired) electrons. The van der Waals surface area contributed by atoms with Crippen LogP contribution in [0.15, 0.2) is 54.6 Å². The Morgan fingerprint density at radius 3 is 2.29 bits per heavy atom. The van der Waals surface area contributed by atoms with E-state index in [1.807, 2.05) is 0 Å². The highest BCUT2D eigenvalue weighted by Crippen LogP contribution is 2.14. The highest BCUT2D eigenvalue weighted by Gasteiger charge is 2.05. The fourth-order valence-corrected chi connectivity index (χ4v) is 1.95. The van der Waals surface area contributed by atoms with Crippen molar-refractivity contribution < 1.29 is 23.5 Å². The number of carbonyl (C=O) groups excluding carboxylic acids is 2. The van der Waals surface area contributed by atoms with Gasteiger partial charge in [-0.2, -0.15) is 0 Å². The second kappa shape index (κ2) is 8.62. The molecule has 0 aromatic heterocycles. The van der Waals surface area contributed by atoms with Gasteiger partial charge in [0.05, 0.1) is 20.0 Å². The van der Waals surface area contributed by atoms with E-state index in [2.05, 4.69) is 4.74 Å². The third-order valence-electron chi connectivity index (χ3n) is 3.20. The summed E-state index contributed by atoms with van der Waals surface area (Å²) < 4.78 is 22.5. The molecule has 0 amide bonds. The Morgan fingerprint density at radius 1 is 1.00 bits per heavy atom. The number of ether oxygens (including phenoxy) is 2. The van der Waals surface area contributed by atoms with Crippen molar-refractivity contribution in [2.24, 2.45) is 0 Å². The Morgan fingerprint density at radius 2 is 1.67 bits per heavy atom. The van der Waals surface area contributed by atoms with E-state index in [9.17, 15) is 14.0 Å². The maximum atomic E-state index is 12.8. The van der Waals surface area contributed by atoms with Crippen LogP contribution in [-0.4, -0.2) is 19.0 Å². The Labute approximate surface area is 139 Å². The van der Waals surface area contributed by atoms with Crippen LogP contribution in [0.3, 0.4) is 0 Å². The third kappa shape index (κ3) is 5.68. The molecule has 0 bridgehead atoms. The Balaban J connectivity index is 1.83. The van der Waals surface area contributed by atoms with Gasteiger partial charge in [-0.15, -0.1) is 0 Å². The number of hydrogen-bond acceptors (Lipinski definition) is 4. The second-order valence-corrected chi connectivity index (χ2v) is 5.03. The Kier molecular flexibility index (Phi) is 6.25. The summed E-state index contributed by atoms with van der Waals surface area (Å²) in [7, 11) is 1.33. The lowest BCUT2D eigenvalue weighted by Crippen LogP contribution is -2.07. The summed E-state index contributed by atoms with van der Waals surface area (Å²) in [4.78, 5) is 22.9. The van der Waals surface area contributed by atoms with Gasteiger partial charge in [-0.05, 0) is 35.4 Å². The molecule has 0 saturated carbocycles. The van der Waals surface area contributed by atoms with Gasteiger partial charge in [0.25, 0.3) is 0 Å². The van der Waals surface area contributed by atoms with Crippen LogP contribution in [0.2, 0.25) is 0 Å². The molecule has 2 aromatic rings. The van der Waals surface area contributed by atoms with Crippen molar-refractivity contribution in [2.75, 3.05) is 7.11 Å². The lowest BCUT2D eigenvalue weighted by Gasteiger charge is -2.04. The van der Waals surface area contributed by atoms with Crippen molar-refractivity contribution in [2.45, 2.75) is 12.8 Å². The molecule has 0 saturated heterocycles. The highest BCUT2D eigenvalue weighted by atomic mass is 19.1. The molecule has 0 fully saturated rings. The van der Waals surface area contributed by atoms with Crippen LogP contribution in [0, 0.1) is 5.82 Å². The first kappa shape index (κ1) is 17.4. The normalized spacial score (nSPS) is 10.6. The number of benzene rings is 2. The number of halogens is 1. The second-order valence-electron chi connectivity index (χ2n) is 5.03. The van der Waals surface area contributed by atoms with Crippen molar-refractivity contribution in [3.05, 3.63) is 71.6 Å². The first-order chi connectivity index (χ1) is 11.6. The minimum Gasteiger partial charge on any atom is -0.469 e. The van der Waals surface area contributed by atoms with E-state index < -0.39 is 5.97 Å². The summed E-state index contributed by atoms with van der Waals surface area (Å²) in [6, 6.07) is 12.6. The predicted molar refractivity (Wildman–Crippen MR) is 87.8 cm³/mol. The van der Waals surface area contributed by atoms with Gasteiger partial charge in [0.2, 0.25) is 0 Å². The molecule has 0 aliphatic carbocycles. The number of esters is 2. The molecule has 2 aromatic carbocycles. The molecule has 0 heterocycles. The van der Waals surface area contributed by atoms with Crippen LogP contribution in [-0.2, 0) is 20.7 Å². The molecule has 5 heteroatoms. The molecule has 24 heavy (non-hydrogen) atoms. The van der Waals surface area contributed by atoms with Crippen LogP contribution in [0.5, 0.6) is 5.75 Å². The zero-order valence-corrected chi connectivity index (χ0v) is 13.2. The van der Waals surface area contributed by atoms with E-state index in [-0.39, 0.29) is 24.6 Å². The van der Waals surface area contributed by atoms with Gasteiger partial charge in [-0.3, -0.25) is 9.59 Å². The fraction of sp³-hybridized carbons (Fsp3) is 0.158. The Hall–Kier alpha value is -2.95. The van der Waals surface area contributed by atoms with Crippen molar-refractivity contribution in [1.29, 1.82) is 0 Å². The van der Waals surface area contributed by atoms with Crippen molar-refractivity contribution in [3.8, 4) is 5.75 Å². The zero-order valence-electron chi connectivity index (χ0n) is 13.2. The van der Waals surface area contributed by atoms with Crippen LogP contribution < -0.4 is 4.74 Å². The van der Waals surface area contributed by atoms with Crippen molar-refractivity contribution in [3.63, 3.8) is 0 Å². The molecular formula is C19H17FO4. The van der Waals surface area contributed by atoms with E-state index in [4.69, 9.17) is 4.74 Å². The lowest BCUT2D eigenvalue weighted by molar-refractivity contribution is -0.139. The van der Waals surface area contributed by atoms with Crippen LogP contribution in [0.1, 0.15) is 17.5 Å². The summed E-state index contributed by atoms with van der Waals surface area (Å²) in [6.45, 7) is 0. The summed E-state index contributed by atoms with van der Waals surface area (Å²) in [5.74, 6) is -0.634. The molecule has 0 N–H and O–H groups in total. The highest BCUT2D eigenvalue weighted by molar-refractivity contribution is 5.75. The minimum absolute atomic E-state index is 0.0985. The Bertz CT molecular complexity index is 718. The first-order valence-electron chi connectivity index (χ1n) is 7.35. The molecule has 2 rings (SSSR count). The minimum atomic E-state index is -0.408. The maximum Gasteiger partial charge on any atom is 0.315 e. The van der Waals surface area contributed by atoms with Gasteiger partial charge in [-0.25, -0.2) is 4.39 Å². The molecule has 4 nitrogen and oxygen atoms in total. The summed E-state index contributed by atoms with van der Waals surface area (Å²) >= 11 is 0. The van der Waals surface area contributed by atoms with Crippen molar-refractivity contribution >= 4 is 18.0 Å². The molecule has 0 unspecified atom stereocenters. The number of hydrogen-bond donors (Lipinski definition) is 0. The molecule has 0 spiro atoms. The van der Waals surface area contributed by atoms with Crippen LogP contribution in [0.25, 0.3) is 6.08 Å². The van der Waals surface area contributed by atoms with E-state index in [0.717, 1.165) is 11.1 Å². The van der Waals surface area contributed by atoms with Crippen LogP contribution in [0.4, 0.5) is 4.39 Å². The third-order valence-corrected chi connectivity index (χ3v) is 3.20. The average Bonchev–Trinajstić information content (AvgIpc) is 2.58. The van der Waals surface area contributed by atoms with Gasteiger partial charge in [0, 0.05) is 0 Å². The zero-order chi connectivity index (χ0) is 17.4. The van der Waals surface area contributed by atoms with Crippen LogP contribution >= 0.6 is 0 Å². The van der Waals surface area contributed by atoms with E-state index in [1.165, 1.54) is 19.2 Å². The first-order valence-corrected chi connectivity index (χ1v) is 7.35.